The van der Waals surface area contributed by atoms with E-state index >= 15 is 0 Å². The molecule has 0 radical (unpaired) electrons. The van der Waals surface area contributed by atoms with Crippen LogP contribution in [0, 0.1) is 0 Å². The predicted molar refractivity (Wildman–Crippen MR) is 129 cm³/mol. The summed E-state index contributed by atoms with van der Waals surface area (Å²) in [4.78, 5) is 11.3. The Morgan fingerprint density at radius 3 is 2.56 bits per heavy atom. The molecule has 1 saturated heterocycles. The smallest absolute Gasteiger partial charge is 0.174 e. The molecule has 6 nitrogen and oxygen atoms in total. The van der Waals surface area contributed by atoms with E-state index in [1.807, 2.05) is 67.0 Å². The van der Waals surface area contributed by atoms with E-state index in [2.05, 4.69) is 49.1 Å². The average Bonchev–Trinajstić information content (AvgIpc) is 3.43. The predicted octanol–water partition coefficient (Wildman–Crippen LogP) is 4.51. The van der Waals surface area contributed by atoms with Crippen molar-refractivity contribution < 1.29 is 4.74 Å². The minimum Gasteiger partial charge on any atom is -0.497 e. The van der Waals surface area contributed by atoms with Gasteiger partial charge in [-0.15, -0.1) is 0 Å². The molecule has 0 unspecified atom stereocenters. The van der Waals surface area contributed by atoms with Crippen molar-refractivity contribution in [2.45, 2.75) is 18.6 Å². The van der Waals surface area contributed by atoms with Gasteiger partial charge in [-0.25, -0.2) is 0 Å². The number of rotatable bonds is 6. The number of aromatic nitrogens is 3. The Morgan fingerprint density at radius 2 is 1.81 bits per heavy atom. The fourth-order valence-electron chi connectivity index (χ4n) is 4.20. The van der Waals surface area contributed by atoms with Crippen molar-refractivity contribution in [3.05, 3.63) is 108 Å². The highest BCUT2D eigenvalue weighted by Gasteiger charge is 2.42. The Kier molecular flexibility index (Phi) is 5.56. The number of pyridine rings is 2. The summed E-state index contributed by atoms with van der Waals surface area (Å²) < 4.78 is 7.70. The second-order valence-corrected chi connectivity index (χ2v) is 7.97. The second-order valence-electron chi connectivity index (χ2n) is 7.58. The third kappa shape index (κ3) is 3.83. The van der Waals surface area contributed by atoms with Crippen molar-refractivity contribution in [2.24, 2.45) is 0 Å². The van der Waals surface area contributed by atoms with Gasteiger partial charge >= 0.3 is 0 Å². The second kappa shape index (κ2) is 8.80. The van der Waals surface area contributed by atoms with Gasteiger partial charge in [-0.05, 0) is 60.7 Å². The molecular weight excluding hydrogens is 418 g/mol. The first kappa shape index (κ1) is 20.2. The van der Waals surface area contributed by atoms with Gasteiger partial charge in [0.05, 0.1) is 31.1 Å². The molecule has 3 aromatic heterocycles. The molecule has 32 heavy (non-hydrogen) atoms. The van der Waals surface area contributed by atoms with E-state index in [0.717, 1.165) is 28.5 Å². The molecule has 2 atom stereocenters. The van der Waals surface area contributed by atoms with Crippen LogP contribution in [0.25, 0.3) is 0 Å². The molecule has 1 fully saturated rings. The molecule has 4 heterocycles. The number of methoxy groups -OCH3 is 1. The normalized spacial score (nSPS) is 17.9. The summed E-state index contributed by atoms with van der Waals surface area (Å²) in [6.07, 6.45) is 5.73. The molecule has 0 amide bonds. The maximum atomic E-state index is 5.83. The Labute approximate surface area is 192 Å². The minimum absolute atomic E-state index is 0.0942. The fraction of sp³-hybridized carbons (Fsp3) is 0.160. The molecular formula is C25H23N5OS. The van der Waals surface area contributed by atoms with Gasteiger partial charge in [-0.3, -0.25) is 9.97 Å². The number of nitrogens with zero attached hydrogens (tertiary/aromatic N) is 4. The van der Waals surface area contributed by atoms with Crippen molar-refractivity contribution in [3.8, 4) is 5.75 Å². The summed E-state index contributed by atoms with van der Waals surface area (Å²) in [5, 5.41) is 4.17. The van der Waals surface area contributed by atoms with Crippen LogP contribution >= 0.6 is 12.2 Å². The van der Waals surface area contributed by atoms with Crippen LogP contribution in [0.5, 0.6) is 5.75 Å². The van der Waals surface area contributed by atoms with Crippen LogP contribution in [-0.2, 0) is 6.54 Å². The topological polar surface area (TPSA) is 55.2 Å². The molecule has 0 saturated carbocycles. The van der Waals surface area contributed by atoms with Crippen LogP contribution in [0.15, 0.2) is 91.4 Å². The van der Waals surface area contributed by atoms with Gasteiger partial charge in [-0.1, -0.05) is 18.2 Å². The maximum absolute atomic E-state index is 5.83. The zero-order chi connectivity index (χ0) is 21.9. The minimum atomic E-state index is -0.104. The zero-order valence-electron chi connectivity index (χ0n) is 17.6. The number of thiocarbonyl (C=S) groups is 1. The first-order valence-corrected chi connectivity index (χ1v) is 10.8. The van der Waals surface area contributed by atoms with Crippen LogP contribution in [0.2, 0.25) is 0 Å². The highest BCUT2D eigenvalue weighted by Crippen LogP contribution is 2.42. The van der Waals surface area contributed by atoms with Crippen molar-refractivity contribution in [2.75, 3.05) is 12.0 Å². The maximum Gasteiger partial charge on any atom is 0.174 e. The van der Waals surface area contributed by atoms with Crippen LogP contribution < -0.4 is 15.0 Å². The largest absolute Gasteiger partial charge is 0.497 e. The van der Waals surface area contributed by atoms with Gasteiger partial charge in [0.15, 0.2) is 5.11 Å². The van der Waals surface area contributed by atoms with Crippen molar-refractivity contribution in [1.29, 1.82) is 0 Å². The summed E-state index contributed by atoms with van der Waals surface area (Å²) in [6.45, 7) is 0.674. The highest BCUT2D eigenvalue weighted by molar-refractivity contribution is 7.80. The van der Waals surface area contributed by atoms with Crippen LogP contribution in [-0.4, -0.2) is 26.8 Å². The Bertz CT molecular complexity index is 1210. The molecule has 0 spiro atoms. The molecule has 1 aliphatic heterocycles. The summed E-state index contributed by atoms with van der Waals surface area (Å²) in [5.41, 5.74) is 4.04. The molecule has 0 bridgehead atoms. The van der Waals surface area contributed by atoms with Crippen molar-refractivity contribution in [3.63, 3.8) is 0 Å². The van der Waals surface area contributed by atoms with Crippen LogP contribution in [0.1, 0.15) is 29.2 Å². The van der Waals surface area contributed by atoms with E-state index in [-0.39, 0.29) is 12.1 Å². The molecule has 160 valence electrons. The summed E-state index contributed by atoms with van der Waals surface area (Å²) in [7, 11) is 1.67. The van der Waals surface area contributed by atoms with Gasteiger partial charge in [0.2, 0.25) is 0 Å². The molecule has 0 aliphatic carbocycles. The van der Waals surface area contributed by atoms with Gasteiger partial charge in [0.1, 0.15) is 11.8 Å². The van der Waals surface area contributed by atoms with Crippen molar-refractivity contribution in [1.82, 2.24) is 19.9 Å². The number of hydrogen-bond acceptors (Lipinski definition) is 4. The Balaban J connectivity index is 1.60. The van der Waals surface area contributed by atoms with E-state index < -0.39 is 0 Å². The lowest BCUT2D eigenvalue weighted by Gasteiger charge is -2.29. The fourth-order valence-corrected chi connectivity index (χ4v) is 4.55. The monoisotopic (exact) mass is 441 g/mol. The van der Waals surface area contributed by atoms with Crippen LogP contribution in [0.4, 0.5) is 5.69 Å². The summed E-state index contributed by atoms with van der Waals surface area (Å²) >= 11 is 5.83. The number of benzene rings is 1. The lowest BCUT2D eigenvalue weighted by molar-refractivity contribution is 0.414. The van der Waals surface area contributed by atoms with E-state index in [9.17, 15) is 0 Å². The number of hydrogen-bond donors (Lipinski definition) is 1. The first-order valence-electron chi connectivity index (χ1n) is 10.4. The molecule has 7 heteroatoms. The molecule has 5 rings (SSSR count). The molecule has 1 aliphatic rings. The zero-order valence-corrected chi connectivity index (χ0v) is 18.4. The number of nitrogens with one attached hydrogen (secondary N) is 1. The van der Waals surface area contributed by atoms with Gasteiger partial charge < -0.3 is 19.5 Å². The first-order chi connectivity index (χ1) is 15.7. The third-order valence-electron chi connectivity index (χ3n) is 5.66. The Hall–Kier alpha value is -3.71. The van der Waals surface area contributed by atoms with Crippen molar-refractivity contribution >= 4 is 23.0 Å². The SMILES string of the molecule is COc1cccc(N2C(=S)N[C@H](c3ccccn3)[C@H]2c2cccn2Cc2ccccn2)c1. The van der Waals surface area contributed by atoms with Gasteiger partial charge in [0, 0.05) is 36.0 Å². The van der Waals surface area contributed by atoms with E-state index in [4.69, 9.17) is 17.0 Å². The number of anilines is 1. The Morgan fingerprint density at radius 1 is 0.969 bits per heavy atom. The van der Waals surface area contributed by atoms with Gasteiger partial charge in [0.25, 0.3) is 0 Å². The van der Waals surface area contributed by atoms with Gasteiger partial charge in [-0.2, -0.15) is 0 Å². The molecule has 4 aromatic rings. The lowest BCUT2D eigenvalue weighted by Crippen LogP contribution is -2.30. The summed E-state index contributed by atoms with van der Waals surface area (Å²) in [5.74, 6) is 0.786. The van der Waals surface area contributed by atoms with Crippen LogP contribution in [0.3, 0.4) is 0 Å². The molecule has 1 aromatic carbocycles. The van der Waals surface area contributed by atoms with E-state index in [1.165, 1.54) is 0 Å². The third-order valence-corrected chi connectivity index (χ3v) is 5.97. The average molecular weight is 442 g/mol. The van der Waals surface area contributed by atoms with E-state index in [0.29, 0.717) is 11.7 Å². The lowest BCUT2D eigenvalue weighted by atomic mass is 10.0. The van der Waals surface area contributed by atoms with E-state index in [1.54, 1.807) is 7.11 Å². The highest BCUT2D eigenvalue weighted by atomic mass is 32.1. The summed E-state index contributed by atoms with van der Waals surface area (Å²) in [6, 6.07) is 23.9. The number of ether oxygens (including phenoxy) is 1. The quantitative estimate of drug-likeness (QED) is 0.444. The molecule has 1 N–H and O–H groups in total. The standard InChI is InChI=1S/C25H23N5OS/c1-31-20-10-6-9-19(16-20)30-24(23(28-25(30)32)21-11-3-5-14-27-21)22-12-7-15-29(22)17-18-8-2-4-13-26-18/h2-16,23-24H,17H2,1H3,(H,28,32)/t23-,24-/m1/s1.